The third-order valence-electron chi connectivity index (χ3n) is 2.95. The lowest BCUT2D eigenvalue weighted by molar-refractivity contribution is -0.273. The predicted molar refractivity (Wildman–Crippen MR) is 58.5 cm³/mol. The standard InChI is InChI=1S/C12H15F2NO2/c1-12(16-6-9(15-2)7-17-12)10-5-8(13)3-4-11(10)14/h3-5,9,15H,6-7H2,1-2H3. The Hall–Kier alpha value is -1.04. The summed E-state index contributed by atoms with van der Waals surface area (Å²) in [6, 6.07) is 3.32. The summed E-state index contributed by atoms with van der Waals surface area (Å²) < 4.78 is 37.8. The molecule has 0 spiro atoms. The van der Waals surface area contributed by atoms with Gasteiger partial charge in [0, 0.05) is 5.56 Å². The van der Waals surface area contributed by atoms with E-state index < -0.39 is 17.4 Å². The van der Waals surface area contributed by atoms with Gasteiger partial charge >= 0.3 is 0 Å². The maximum Gasteiger partial charge on any atom is 0.194 e. The first-order valence-corrected chi connectivity index (χ1v) is 5.46. The highest BCUT2D eigenvalue weighted by Gasteiger charge is 2.36. The fourth-order valence-corrected chi connectivity index (χ4v) is 1.78. The van der Waals surface area contributed by atoms with E-state index in [0.717, 1.165) is 18.2 Å². The van der Waals surface area contributed by atoms with Crippen molar-refractivity contribution in [2.24, 2.45) is 0 Å². The first-order valence-electron chi connectivity index (χ1n) is 5.46. The highest BCUT2D eigenvalue weighted by molar-refractivity contribution is 5.23. The molecule has 1 N–H and O–H groups in total. The molecule has 0 bridgehead atoms. The molecule has 1 aliphatic rings. The normalized spacial score (nSPS) is 29.3. The van der Waals surface area contributed by atoms with Gasteiger partial charge in [0.25, 0.3) is 0 Å². The molecule has 3 nitrogen and oxygen atoms in total. The van der Waals surface area contributed by atoms with E-state index in [9.17, 15) is 8.78 Å². The summed E-state index contributed by atoms with van der Waals surface area (Å²) in [5.41, 5.74) is 0.0899. The molecule has 0 saturated carbocycles. The number of likely N-dealkylation sites (N-methyl/N-ethyl adjacent to an activating group) is 1. The van der Waals surface area contributed by atoms with E-state index in [2.05, 4.69) is 5.32 Å². The van der Waals surface area contributed by atoms with Crippen molar-refractivity contribution in [2.45, 2.75) is 18.8 Å². The molecule has 5 heteroatoms. The Morgan fingerprint density at radius 1 is 1.29 bits per heavy atom. The molecule has 17 heavy (non-hydrogen) atoms. The largest absolute Gasteiger partial charge is 0.344 e. The fraction of sp³-hybridized carbons (Fsp3) is 0.500. The van der Waals surface area contributed by atoms with Crippen molar-refractivity contribution in [2.75, 3.05) is 20.3 Å². The van der Waals surface area contributed by atoms with Crippen LogP contribution in [0.2, 0.25) is 0 Å². The molecule has 1 saturated heterocycles. The summed E-state index contributed by atoms with van der Waals surface area (Å²) in [5, 5.41) is 3.00. The van der Waals surface area contributed by atoms with Gasteiger partial charge in [0.15, 0.2) is 5.79 Å². The summed E-state index contributed by atoms with van der Waals surface area (Å²) in [5.74, 6) is -2.26. The number of hydrogen-bond acceptors (Lipinski definition) is 3. The van der Waals surface area contributed by atoms with E-state index in [1.165, 1.54) is 0 Å². The lowest BCUT2D eigenvalue weighted by atomic mass is 10.1. The van der Waals surface area contributed by atoms with Crippen LogP contribution >= 0.6 is 0 Å². The van der Waals surface area contributed by atoms with Crippen molar-refractivity contribution in [3.8, 4) is 0 Å². The maximum absolute atomic E-state index is 13.6. The lowest BCUT2D eigenvalue weighted by Gasteiger charge is -2.37. The summed E-state index contributed by atoms with van der Waals surface area (Å²) in [6.07, 6.45) is 0. The molecule has 0 atom stereocenters. The van der Waals surface area contributed by atoms with E-state index >= 15 is 0 Å². The number of ether oxygens (including phenoxy) is 2. The predicted octanol–water partition coefficient (Wildman–Crippen LogP) is 1.77. The molecule has 1 aromatic carbocycles. The van der Waals surface area contributed by atoms with E-state index in [1.807, 2.05) is 0 Å². The number of rotatable bonds is 2. The van der Waals surface area contributed by atoms with Gasteiger partial charge in [-0.05, 0) is 32.2 Å². The van der Waals surface area contributed by atoms with Gasteiger partial charge in [-0.3, -0.25) is 0 Å². The van der Waals surface area contributed by atoms with Gasteiger partial charge in [0.1, 0.15) is 11.6 Å². The minimum absolute atomic E-state index is 0.0692. The van der Waals surface area contributed by atoms with Crippen LogP contribution in [0.25, 0.3) is 0 Å². The third kappa shape index (κ3) is 2.46. The van der Waals surface area contributed by atoms with Crippen LogP contribution < -0.4 is 5.32 Å². The number of halogens is 2. The number of hydrogen-bond donors (Lipinski definition) is 1. The Morgan fingerprint density at radius 2 is 1.94 bits per heavy atom. The first-order chi connectivity index (χ1) is 8.05. The van der Waals surface area contributed by atoms with Crippen LogP contribution in [0.1, 0.15) is 12.5 Å². The van der Waals surface area contributed by atoms with E-state index in [0.29, 0.717) is 13.2 Å². The molecule has 1 heterocycles. The molecule has 94 valence electrons. The van der Waals surface area contributed by atoms with Crippen LogP contribution in [0, 0.1) is 11.6 Å². The molecule has 0 unspecified atom stereocenters. The summed E-state index contributed by atoms with van der Waals surface area (Å²) in [4.78, 5) is 0. The van der Waals surface area contributed by atoms with Crippen LogP contribution in [0.4, 0.5) is 8.78 Å². The summed E-state index contributed by atoms with van der Waals surface area (Å²) >= 11 is 0. The molecule has 0 amide bonds. The van der Waals surface area contributed by atoms with Gasteiger partial charge in [-0.2, -0.15) is 0 Å². The Balaban J connectivity index is 2.24. The molecular formula is C12H15F2NO2. The third-order valence-corrected chi connectivity index (χ3v) is 2.95. The minimum atomic E-state index is -1.22. The fourth-order valence-electron chi connectivity index (χ4n) is 1.78. The maximum atomic E-state index is 13.6. The van der Waals surface area contributed by atoms with Crippen LogP contribution in [0.15, 0.2) is 18.2 Å². The van der Waals surface area contributed by atoms with Crippen molar-refractivity contribution in [3.05, 3.63) is 35.4 Å². The van der Waals surface area contributed by atoms with E-state index in [-0.39, 0.29) is 11.6 Å². The molecule has 2 rings (SSSR count). The molecule has 0 aliphatic carbocycles. The molecule has 1 aliphatic heterocycles. The van der Waals surface area contributed by atoms with Gasteiger partial charge in [0.05, 0.1) is 19.3 Å². The Bertz CT molecular complexity index is 403. The second-order valence-electron chi connectivity index (χ2n) is 4.18. The lowest BCUT2D eigenvalue weighted by Crippen LogP contribution is -2.47. The molecule has 0 aromatic heterocycles. The van der Waals surface area contributed by atoms with Gasteiger partial charge in [-0.15, -0.1) is 0 Å². The SMILES string of the molecule is CNC1COC(C)(c2cc(F)ccc2F)OC1. The summed E-state index contributed by atoms with van der Waals surface area (Å²) in [6.45, 7) is 2.38. The zero-order valence-electron chi connectivity index (χ0n) is 9.80. The van der Waals surface area contributed by atoms with E-state index in [4.69, 9.17) is 9.47 Å². The Kier molecular flexibility index (Phi) is 3.42. The monoisotopic (exact) mass is 243 g/mol. The Morgan fingerprint density at radius 3 is 2.53 bits per heavy atom. The average molecular weight is 243 g/mol. The van der Waals surface area contributed by atoms with Crippen molar-refractivity contribution in [1.29, 1.82) is 0 Å². The van der Waals surface area contributed by atoms with Gasteiger partial charge in [-0.25, -0.2) is 8.78 Å². The average Bonchev–Trinajstić information content (AvgIpc) is 2.33. The smallest absolute Gasteiger partial charge is 0.194 e. The first kappa shape index (κ1) is 12.4. The molecule has 1 aromatic rings. The second-order valence-corrected chi connectivity index (χ2v) is 4.18. The van der Waals surface area contributed by atoms with Gasteiger partial charge in [-0.1, -0.05) is 0 Å². The molecular weight excluding hydrogens is 228 g/mol. The van der Waals surface area contributed by atoms with Crippen molar-refractivity contribution < 1.29 is 18.3 Å². The van der Waals surface area contributed by atoms with Crippen LogP contribution in [-0.4, -0.2) is 26.3 Å². The quantitative estimate of drug-likeness (QED) is 0.858. The van der Waals surface area contributed by atoms with Crippen LogP contribution in [-0.2, 0) is 15.3 Å². The number of nitrogens with one attached hydrogen (secondary N) is 1. The highest BCUT2D eigenvalue weighted by Crippen LogP contribution is 2.32. The topological polar surface area (TPSA) is 30.5 Å². The van der Waals surface area contributed by atoms with Gasteiger partial charge in [0.2, 0.25) is 0 Å². The van der Waals surface area contributed by atoms with E-state index in [1.54, 1.807) is 14.0 Å². The summed E-state index contributed by atoms with van der Waals surface area (Å²) in [7, 11) is 1.79. The second kappa shape index (κ2) is 4.68. The zero-order chi connectivity index (χ0) is 12.5. The molecule has 0 radical (unpaired) electrons. The Labute approximate surface area is 98.7 Å². The van der Waals surface area contributed by atoms with Crippen molar-refractivity contribution in [3.63, 3.8) is 0 Å². The van der Waals surface area contributed by atoms with Crippen LogP contribution in [0.3, 0.4) is 0 Å². The van der Waals surface area contributed by atoms with Gasteiger partial charge < -0.3 is 14.8 Å². The van der Waals surface area contributed by atoms with Crippen LogP contribution in [0.5, 0.6) is 0 Å². The van der Waals surface area contributed by atoms with Crippen molar-refractivity contribution >= 4 is 0 Å². The number of benzene rings is 1. The zero-order valence-corrected chi connectivity index (χ0v) is 9.80. The van der Waals surface area contributed by atoms with Crippen molar-refractivity contribution in [1.82, 2.24) is 5.32 Å². The minimum Gasteiger partial charge on any atom is -0.344 e. The highest BCUT2D eigenvalue weighted by atomic mass is 19.1. The molecule has 1 fully saturated rings.